The number of para-hydroxylation sites is 1. The lowest BCUT2D eigenvalue weighted by Gasteiger charge is -2.09. The van der Waals surface area contributed by atoms with Crippen LogP contribution in [-0.2, 0) is 22.6 Å². The molecule has 0 saturated heterocycles. The molecule has 27 heavy (non-hydrogen) atoms. The standard InChI is InChI=1S/C22H23NO4/c1-3-25-20-12-8-7-9-17(20)13-14-21(24)26-15-19-16(2)27-22(23-19)18-10-5-4-6-11-18/h4-12H,3,13-15H2,1-2H3. The van der Waals surface area contributed by atoms with Crippen LogP contribution in [0.25, 0.3) is 11.5 Å². The minimum absolute atomic E-state index is 0.105. The third kappa shape index (κ3) is 4.97. The maximum absolute atomic E-state index is 12.1. The van der Waals surface area contributed by atoms with Gasteiger partial charge in [-0.2, -0.15) is 0 Å². The molecule has 0 aliphatic carbocycles. The van der Waals surface area contributed by atoms with E-state index < -0.39 is 0 Å². The second-order valence-electron chi connectivity index (χ2n) is 6.09. The predicted octanol–water partition coefficient (Wildman–Crippen LogP) is 4.72. The largest absolute Gasteiger partial charge is 0.494 e. The van der Waals surface area contributed by atoms with Gasteiger partial charge in [0.05, 0.1) is 6.61 Å². The average molecular weight is 365 g/mol. The van der Waals surface area contributed by atoms with E-state index in [0.29, 0.717) is 30.4 Å². The van der Waals surface area contributed by atoms with Crippen molar-refractivity contribution in [2.24, 2.45) is 0 Å². The van der Waals surface area contributed by atoms with Gasteiger partial charge in [-0.3, -0.25) is 4.79 Å². The molecule has 140 valence electrons. The number of nitrogens with zero attached hydrogens (tertiary/aromatic N) is 1. The SMILES string of the molecule is CCOc1ccccc1CCC(=O)OCc1nc(-c2ccccc2)oc1C. The van der Waals surface area contributed by atoms with E-state index in [2.05, 4.69) is 4.98 Å². The van der Waals surface area contributed by atoms with Crippen molar-refractivity contribution in [3.63, 3.8) is 0 Å². The highest BCUT2D eigenvalue weighted by molar-refractivity contribution is 5.70. The molecule has 0 aliphatic heterocycles. The molecule has 5 heteroatoms. The maximum Gasteiger partial charge on any atom is 0.306 e. The number of carbonyl (C=O) groups is 1. The molecule has 1 aromatic heterocycles. The maximum atomic E-state index is 12.1. The van der Waals surface area contributed by atoms with E-state index in [9.17, 15) is 4.79 Å². The number of hydrogen-bond acceptors (Lipinski definition) is 5. The molecule has 0 spiro atoms. The fourth-order valence-corrected chi connectivity index (χ4v) is 2.73. The first-order valence-electron chi connectivity index (χ1n) is 9.05. The minimum atomic E-state index is -0.273. The quantitative estimate of drug-likeness (QED) is 0.540. The average Bonchev–Trinajstić information content (AvgIpc) is 3.07. The summed E-state index contributed by atoms with van der Waals surface area (Å²) in [5.74, 6) is 1.73. The Morgan fingerprint density at radius 1 is 1.07 bits per heavy atom. The number of rotatable bonds is 8. The lowest BCUT2D eigenvalue weighted by atomic mass is 10.1. The van der Waals surface area contributed by atoms with E-state index in [1.165, 1.54) is 0 Å². The number of aryl methyl sites for hydroxylation is 2. The van der Waals surface area contributed by atoms with E-state index in [1.54, 1.807) is 0 Å². The van der Waals surface area contributed by atoms with Gasteiger partial charge in [0, 0.05) is 12.0 Å². The van der Waals surface area contributed by atoms with Crippen molar-refractivity contribution >= 4 is 5.97 Å². The van der Waals surface area contributed by atoms with Crippen LogP contribution in [0.1, 0.15) is 30.4 Å². The molecule has 2 aromatic carbocycles. The zero-order valence-electron chi connectivity index (χ0n) is 15.6. The zero-order valence-corrected chi connectivity index (χ0v) is 15.6. The summed E-state index contributed by atoms with van der Waals surface area (Å²) < 4.78 is 16.6. The van der Waals surface area contributed by atoms with Gasteiger partial charge in [-0.1, -0.05) is 36.4 Å². The fraction of sp³-hybridized carbons (Fsp3) is 0.273. The minimum Gasteiger partial charge on any atom is -0.494 e. The molecule has 0 saturated carbocycles. The summed E-state index contributed by atoms with van der Waals surface area (Å²) in [5, 5.41) is 0. The van der Waals surface area contributed by atoms with Crippen LogP contribution in [0.5, 0.6) is 5.75 Å². The Hall–Kier alpha value is -3.08. The van der Waals surface area contributed by atoms with E-state index in [0.717, 1.165) is 16.9 Å². The summed E-state index contributed by atoms with van der Waals surface area (Å²) in [4.78, 5) is 16.6. The molecule has 1 heterocycles. The van der Waals surface area contributed by atoms with Crippen molar-refractivity contribution in [2.75, 3.05) is 6.61 Å². The summed E-state index contributed by atoms with van der Waals surface area (Å²) in [6, 6.07) is 17.4. The van der Waals surface area contributed by atoms with Gasteiger partial charge in [0.1, 0.15) is 23.8 Å². The first kappa shape index (κ1) is 18.7. The predicted molar refractivity (Wildman–Crippen MR) is 102 cm³/mol. The number of benzene rings is 2. The van der Waals surface area contributed by atoms with Gasteiger partial charge in [0.25, 0.3) is 0 Å². The van der Waals surface area contributed by atoms with Crippen LogP contribution in [0.4, 0.5) is 0 Å². The van der Waals surface area contributed by atoms with Crippen LogP contribution in [0, 0.1) is 6.92 Å². The number of hydrogen-bond donors (Lipinski definition) is 0. The van der Waals surface area contributed by atoms with Gasteiger partial charge in [-0.15, -0.1) is 0 Å². The van der Waals surface area contributed by atoms with Crippen LogP contribution in [0.3, 0.4) is 0 Å². The Labute approximate surface area is 159 Å². The van der Waals surface area contributed by atoms with Crippen molar-refractivity contribution < 1.29 is 18.7 Å². The van der Waals surface area contributed by atoms with Crippen molar-refractivity contribution in [2.45, 2.75) is 33.3 Å². The second-order valence-corrected chi connectivity index (χ2v) is 6.09. The Kier molecular flexibility index (Phi) is 6.26. The van der Waals surface area contributed by atoms with E-state index in [4.69, 9.17) is 13.9 Å². The Morgan fingerprint density at radius 2 is 1.81 bits per heavy atom. The smallest absolute Gasteiger partial charge is 0.306 e. The molecule has 3 aromatic rings. The zero-order chi connectivity index (χ0) is 19.1. The summed E-state index contributed by atoms with van der Waals surface area (Å²) in [6.07, 6.45) is 0.856. The summed E-state index contributed by atoms with van der Waals surface area (Å²) in [6.45, 7) is 4.46. The molecule has 0 N–H and O–H groups in total. The number of ether oxygens (including phenoxy) is 2. The molecular formula is C22H23NO4. The Bertz CT molecular complexity index is 886. The Morgan fingerprint density at radius 3 is 2.59 bits per heavy atom. The summed E-state index contributed by atoms with van der Waals surface area (Å²) in [5.41, 5.74) is 2.53. The van der Waals surface area contributed by atoms with Gasteiger partial charge in [-0.25, -0.2) is 4.98 Å². The van der Waals surface area contributed by atoms with Crippen LogP contribution < -0.4 is 4.74 Å². The number of esters is 1. The molecule has 0 fully saturated rings. The highest BCUT2D eigenvalue weighted by atomic mass is 16.5. The third-order valence-corrected chi connectivity index (χ3v) is 4.15. The van der Waals surface area contributed by atoms with Crippen LogP contribution in [-0.4, -0.2) is 17.6 Å². The number of carbonyl (C=O) groups excluding carboxylic acids is 1. The summed E-state index contributed by atoms with van der Waals surface area (Å²) >= 11 is 0. The third-order valence-electron chi connectivity index (χ3n) is 4.15. The Balaban J connectivity index is 1.55. The summed E-state index contributed by atoms with van der Waals surface area (Å²) in [7, 11) is 0. The normalized spacial score (nSPS) is 10.6. The number of aromatic nitrogens is 1. The highest BCUT2D eigenvalue weighted by Crippen LogP contribution is 2.22. The van der Waals surface area contributed by atoms with E-state index in [-0.39, 0.29) is 19.0 Å². The van der Waals surface area contributed by atoms with Gasteiger partial charge < -0.3 is 13.9 Å². The van der Waals surface area contributed by atoms with E-state index >= 15 is 0 Å². The molecule has 5 nitrogen and oxygen atoms in total. The molecule has 0 aliphatic rings. The molecule has 0 radical (unpaired) electrons. The highest BCUT2D eigenvalue weighted by Gasteiger charge is 2.14. The lowest BCUT2D eigenvalue weighted by molar-refractivity contribution is -0.145. The van der Waals surface area contributed by atoms with Crippen LogP contribution >= 0.6 is 0 Å². The van der Waals surface area contributed by atoms with Crippen molar-refractivity contribution in [1.82, 2.24) is 4.98 Å². The van der Waals surface area contributed by atoms with Gasteiger partial charge in [0.2, 0.25) is 5.89 Å². The molecule has 3 rings (SSSR count). The molecule has 0 unspecified atom stereocenters. The monoisotopic (exact) mass is 365 g/mol. The topological polar surface area (TPSA) is 61.6 Å². The van der Waals surface area contributed by atoms with Crippen molar-refractivity contribution in [3.8, 4) is 17.2 Å². The molecular weight excluding hydrogens is 342 g/mol. The molecule has 0 atom stereocenters. The number of oxazole rings is 1. The fourth-order valence-electron chi connectivity index (χ4n) is 2.73. The van der Waals surface area contributed by atoms with Gasteiger partial charge >= 0.3 is 5.97 Å². The van der Waals surface area contributed by atoms with Crippen LogP contribution in [0.2, 0.25) is 0 Å². The molecule has 0 bridgehead atoms. The molecule has 0 amide bonds. The van der Waals surface area contributed by atoms with E-state index in [1.807, 2.05) is 68.4 Å². The van der Waals surface area contributed by atoms with Crippen LogP contribution in [0.15, 0.2) is 59.0 Å². The first-order valence-corrected chi connectivity index (χ1v) is 9.05. The van der Waals surface area contributed by atoms with Gasteiger partial charge in [-0.05, 0) is 44.0 Å². The second kappa shape index (κ2) is 9.03. The lowest BCUT2D eigenvalue weighted by Crippen LogP contribution is -2.07. The van der Waals surface area contributed by atoms with Crippen molar-refractivity contribution in [1.29, 1.82) is 0 Å². The first-order chi connectivity index (χ1) is 13.2. The van der Waals surface area contributed by atoms with Gasteiger partial charge in [0.15, 0.2) is 0 Å². The van der Waals surface area contributed by atoms with Crippen molar-refractivity contribution in [3.05, 3.63) is 71.6 Å².